The average Bonchev–Trinajstić information content (AvgIpc) is 3.12. The minimum atomic E-state index is -0.542. The topological polar surface area (TPSA) is 58.4 Å². The number of non-ortho nitro benzene ring substituents is 1. The first kappa shape index (κ1) is 13.3. The standard InChI is InChI=1S/C14H18FN3O2/c15-10-6-13(8-14(7-10)18(19)20)17(12-3-4-12)9-11-2-1-5-16-11/h6-8,11-12,16H,1-5,9H2. The molecule has 108 valence electrons. The Labute approximate surface area is 116 Å². The zero-order valence-electron chi connectivity index (χ0n) is 11.2. The number of nitro benzene ring substituents is 1. The van der Waals surface area contributed by atoms with Crippen molar-refractivity contribution in [1.29, 1.82) is 0 Å². The van der Waals surface area contributed by atoms with E-state index in [9.17, 15) is 14.5 Å². The van der Waals surface area contributed by atoms with Crippen LogP contribution in [0.3, 0.4) is 0 Å². The molecule has 1 aromatic rings. The monoisotopic (exact) mass is 279 g/mol. The second kappa shape index (κ2) is 5.36. The molecule has 20 heavy (non-hydrogen) atoms. The Morgan fingerprint density at radius 3 is 2.75 bits per heavy atom. The molecule has 1 saturated heterocycles. The molecule has 0 amide bonds. The fourth-order valence-electron chi connectivity index (χ4n) is 2.83. The zero-order valence-corrected chi connectivity index (χ0v) is 11.2. The van der Waals surface area contributed by atoms with Gasteiger partial charge in [0.1, 0.15) is 5.82 Å². The lowest BCUT2D eigenvalue weighted by Gasteiger charge is -2.27. The van der Waals surface area contributed by atoms with Crippen molar-refractivity contribution in [2.45, 2.75) is 37.8 Å². The summed E-state index contributed by atoms with van der Waals surface area (Å²) in [5.41, 5.74) is 0.456. The Balaban J connectivity index is 1.84. The molecule has 1 heterocycles. The Morgan fingerprint density at radius 2 is 2.15 bits per heavy atom. The fraction of sp³-hybridized carbons (Fsp3) is 0.571. The molecular weight excluding hydrogens is 261 g/mol. The van der Waals surface area contributed by atoms with Crippen molar-refractivity contribution in [2.75, 3.05) is 18.0 Å². The number of hydrogen-bond acceptors (Lipinski definition) is 4. The summed E-state index contributed by atoms with van der Waals surface area (Å²) < 4.78 is 13.6. The third-order valence-corrected chi connectivity index (χ3v) is 3.98. The number of rotatable bonds is 5. The van der Waals surface area contributed by atoms with Crippen LogP contribution in [0.4, 0.5) is 15.8 Å². The Hall–Kier alpha value is -1.69. The summed E-state index contributed by atoms with van der Waals surface area (Å²) in [5, 5.41) is 14.3. The maximum Gasteiger partial charge on any atom is 0.274 e. The number of anilines is 1. The molecule has 1 saturated carbocycles. The molecule has 0 spiro atoms. The highest BCUT2D eigenvalue weighted by Gasteiger charge is 2.32. The van der Waals surface area contributed by atoms with Crippen LogP contribution in [0, 0.1) is 15.9 Å². The quantitative estimate of drug-likeness (QED) is 0.664. The zero-order chi connectivity index (χ0) is 14.1. The van der Waals surface area contributed by atoms with Gasteiger partial charge in [0.15, 0.2) is 0 Å². The van der Waals surface area contributed by atoms with Gasteiger partial charge in [0.2, 0.25) is 0 Å². The summed E-state index contributed by atoms with van der Waals surface area (Å²) >= 11 is 0. The van der Waals surface area contributed by atoms with Crippen LogP contribution in [0.1, 0.15) is 25.7 Å². The second-order valence-electron chi connectivity index (χ2n) is 5.60. The molecule has 1 N–H and O–H groups in total. The first-order valence-electron chi connectivity index (χ1n) is 7.08. The molecule has 2 aliphatic rings. The van der Waals surface area contributed by atoms with Gasteiger partial charge in [-0.05, 0) is 38.3 Å². The molecule has 0 bridgehead atoms. The first-order valence-corrected chi connectivity index (χ1v) is 7.08. The summed E-state index contributed by atoms with van der Waals surface area (Å²) in [6.07, 6.45) is 4.43. The van der Waals surface area contributed by atoms with Crippen molar-refractivity contribution in [3.05, 3.63) is 34.1 Å². The van der Waals surface area contributed by atoms with Crippen molar-refractivity contribution in [3.63, 3.8) is 0 Å². The number of nitrogens with one attached hydrogen (secondary N) is 1. The van der Waals surface area contributed by atoms with E-state index in [0.717, 1.165) is 44.8 Å². The predicted molar refractivity (Wildman–Crippen MR) is 74.4 cm³/mol. The van der Waals surface area contributed by atoms with Crippen LogP contribution in [0.5, 0.6) is 0 Å². The van der Waals surface area contributed by atoms with E-state index in [0.29, 0.717) is 17.8 Å². The first-order chi connectivity index (χ1) is 9.63. The normalized spacial score (nSPS) is 21.9. The van der Waals surface area contributed by atoms with Crippen LogP contribution in [-0.2, 0) is 0 Å². The van der Waals surface area contributed by atoms with E-state index in [1.54, 1.807) is 0 Å². The van der Waals surface area contributed by atoms with Crippen LogP contribution in [0.25, 0.3) is 0 Å². The SMILES string of the molecule is O=[N+]([O-])c1cc(F)cc(N(CC2CCCN2)C2CC2)c1. The van der Waals surface area contributed by atoms with Gasteiger partial charge < -0.3 is 10.2 Å². The molecule has 1 aliphatic heterocycles. The molecule has 1 aromatic carbocycles. The van der Waals surface area contributed by atoms with Crippen LogP contribution >= 0.6 is 0 Å². The van der Waals surface area contributed by atoms with Crippen LogP contribution in [0.15, 0.2) is 18.2 Å². The van der Waals surface area contributed by atoms with E-state index in [1.807, 2.05) is 0 Å². The van der Waals surface area contributed by atoms with Crippen LogP contribution < -0.4 is 10.2 Å². The maximum absolute atomic E-state index is 13.6. The average molecular weight is 279 g/mol. The Bertz CT molecular complexity index is 513. The third-order valence-electron chi connectivity index (χ3n) is 3.98. The maximum atomic E-state index is 13.6. The van der Waals surface area contributed by atoms with E-state index in [2.05, 4.69) is 10.2 Å². The molecular formula is C14H18FN3O2. The molecule has 3 rings (SSSR count). The predicted octanol–water partition coefficient (Wildman–Crippen LogP) is 2.45. The third kappa shape index (κ3) is 2.90. The number of benzene rings is 1. The van der Waals surface area contributed by atoms with E-state index in [1.165, 1.54) is 12.1 Å². The molecule has 1 atom stereocenters. The van der Waals surface area contributed by atoms with Gasteiger partial charge in [0, 0.05) is 30.4 Å². The van der Waals surface area contributed by atoms with E-state index in [-0.39, 0.29) is 5.69 Å². The van der Waals surface area contributed by atoms with Crippen molar-refractivity contribution >= 4 is 11.4 Å². The molecule has 1 unspecified atom stereocenters. The van der Waals surface area contributed by atoms with Gasteiger partial charge in [-0.15, -0.1) is 0 Å². The lowest BCUT2D eigenvalue weighted by atomic mass is 10.2. The Morgan fingerprint density at radius 1 is 1.35 bits per heavy atom. The second-order valence-corrected chi connectivity index (χ2v) is 5.60. The molecule has 5 nitrogen and oxygen atoms in total. The molecule has 0 aromatic heterocycles. The lowest BCUT2D eigenvalue weighted by molar-refractivity contribution is -0.385. The summed E-state index contributed by atoms with van der Waals surface area (Å²) in [5.74, 6) is -0.542. The van der Waals surface area contributed by atoms with Crippen LogP contribution in [-0.4, -0.2) is 30.1 Å². The minimum absolute atomic E-state index is 0.176. The van der Waals surface area contributed by atoms with Gasteiger partial charge in [0.05, 0.1) is 11.0 Å². The van der Waals surface area contributed by atoms with Gasteiger partial charge in [-0.25, -0.2) is 4.39 Å². The van der Waals surface area contributed by atoms with Gasteiger partial charge in [-0.1, -0.05) is 0 Å². The lowest BCUT2D eigenvalue weighted by Crippen LogP contribution is -2.39. The van der Waals surface area contributed by atoms with Crippen molar-refractivity contribution in [3.8, 4) is 0 Å². The summed E-state index contributed by atoms with van der Waals surface area (Å²) in [7, 11) is 0. The van der Waals surface area contributed by atoms with Gasteiger partial charge >= 0.3 is 0 Å². The van der Waals surface area contributed by atoms with Crippen molar-refractivity contribution in [1.82, 2.24) is 5.32 Å². The van der Waals surface area contributed by atoms with E-state index in [4.69, 9.17) is 0 Å². The summed E-state index contributed by atoms with van der Waals surface area (Å²) in [6, 6.07) is 4.66. The number of nitro groups is 1. The van der Waals surface area contributed by atoms with Crippen molar-refractivity contribution in [2.24, 2.45) is 0 Å². The Kier molecular flexibility index (Phi) is 3.56. The minimum Gasteiger partial charge on any atom is -0.367 e. The summed E-state index contributed by atoms with van der Waals surface area (Å²) in [6.45, 7) is 1.82. The molecule has 2 fully saturated rings. The van der Waals surface area contributed by atoms with E-state index < -0.39 is 10.7 Å². The van der Waals surface area contributed by atoms with Gasteiger partial charge in [-0.3, -0.25) is 10.1 Å². The fourth-order valence-corrected chi connectivity index (χ4v) is 2.83. The number of nitrogens with zero attached hydrogens (tertiary/aromatic N) is 2. The highest BCUT2D eigenvalue weighted by Crippen LogP contribution is 2.34. The molecule has 1 aliphatic carbocycles. The van der Waals surface area contributed by atoms with Gasteiger partial charge in [0.25, 0.3) is 5.69 Å². The summed E-state index contributed by atoms with van der Waals surface area (Å²) in [4.78, 5) is 12.5. The smallest absolute Gasteiger partial charge is 0.274 e. The molecule has 6 heteroatoms. The number of halogens is 1. The van der Waals surface area contributed by atoms with Crippen LogP contribution in [0.2, 0.25) is 0 Å². The highest BCUT2D eigenvalue weighted by atomic mass is 19.1. The molecule has 0 radical (unpaired) electrons. The van der Waals surface area contributed by atoms with Crippen molar-refractivity contribution < 1.29 is 9.31 Å². The largest absolute Gasteiger partial charge is 0.367 e. The van der Waals surface area contributed by atoms with Gasteiger partial charge in [-0.2, -0.15) is 0 Å². The van der Waals surface area contributed by atoms with E-state index >= 15 is 0 Å². The highest BCUT2D eigenvalue weighted by molar-refractivity contribution is 5.55. The number of hydrogen-bond donors (Lipinski definition) is 1.